The van der Waals surface area contributed by atoms with Gasteiger partial charge in [0.05, 0.1) is 12.8 Å². The van der Waals surface area contributed by atoms with Crippen LogP contribution in [-0.4, -0.2) is 47.4 Å². The van der Waals surface area contributed by atoms with Crippen molar-refractivity contribution in [3.05, 3.63) is 35.6 Å². The summed E-state index contributed by atoms with van der Waals surface area (Å²) in [6.45, 7) is 3.50. The van der Waals surface area contributed by atoms with Gasteiger partial charge in [0.1, 0.15) is 5.82 Å². The second-order valence-electron chi connectivity index (χ2n) is 6.25. The van der Waals surface area contributed by atoms with Gasteiger partial charge >= 0.3 is 0 Å². The van der Waals surface area contributed by atoms with E-state index in [1.807, 2.05) is 0 Å². The minimum Gasteiger partial charge on any atom is -0.299 e. The van der Waals surface area contributed by atoms with Crippen LogP contribution in [0.3, 0.4) is 0 Å². The fraction of sp³-hybridized carbons (Fsp3) is 0.438. The van der Waals surface area contributed by atoms with E-state index in [1.54, 1.807) is 17.8 Å². The highest BCUT2D eigenvalue weighted by molar-refractivity contribution is 8.01. The largest absolute Gasteiger partial charge is 0.299 e. The zero-order valence-corrected chi connectivity index (χ0v) is 17.6. The summed E-state index contributed by atoms with van der Waals surface area (Å²) in [6.07, 6.45) is 0.979. The molecule has 1 heterocycles. The molecule has 1 N–H and O–H groups in total. The van der Waals surface area contributed by atoms with Crippen molar-refractivity contribution >= 4 is 44.2 Å². The number of rotatable bonds is 9. The molecule has 7 nitrogen and oxygen atoms in total. The zero-order valence-electron chi connectivity index (χ0n) is 15.2. The first-order chi connectivity index (χ1) is 12.6. The van der Waals surface area contributed by atoms with Crippen molar-refractivity contribution in [2.45, 2.75) is 24.7 Å². The summed E-state index contributed by atoms with van der Waals surface area (Å²) >= 11 is 2.77. The van der Waals surface area contributed by atoms with Gasteiger partial charge in [-0.2, -0.15) is 4.31 Å². The number of hydrogen-bond donors (Lipinski definition) is 1. The Kier molecular flexibility index (Phi) is 7.71. The van der Waals surface area contributed by atoms with Gasteiger partial charge in [-0.05, 0) is 12.0 Å². The average molecular weight is 433 g/mol. The number of sulfonamides is 1. The van der Waals surface area contributed by atoms with Gasteiger partial charge in [-0.25, -0.2) is 12.8 Å². The van der Waals surface area contributed by atoms with Gasteiger partial charge in [0.15, 0.2) is 4.34 Å². The van der Waals surface area contributed by atoms with Crippen molar-refractivity contribution in [2.24, 2.45) is 5.92 Å². The maximum atomic E-state index is 13.8. The predicted octanol–water partition coefficient (Wildman–Crippen LogP) is 2.83. The Morgan fingerprint density at radius 3 is 2.67 bits per heavy atom. The number of carbonyl (C=O) groups is 1. The van der Waals surface area contributed by atoms with E-state index in [0.29, 0.717) is 11.0 Å². The molecule has 0 aliphatic carbocycles. The number of nitrogens with zero attached hydrogens (tertiary/aromatic N) is 3. The first kappa shape index (κ1) is 21.7. The van der Waals surface area contributed by atoms with Gasteiger partial charge < -0.3 is 0 Å². The highest BCUT2D eigenvalue weighted by atomic mass is 32.2. The first-order valence-corrected chi connectivity index (χ1v) is 11.7. The summed E-state index contributed by atoms with van der Waals surface area (Å²) < 4.78 is 39.4. The maximum Gasteiger partial charge on any atom is 0.241 e. The van der Waals surface area contributed by atoms with Gasteiger partial charge in [-0.15, -0.1) is 10.2 Å². The van der Waals surface area contributed by atoms with Gasteiger partial charge in [-0.3, -0.25) is 10.1 Å². The molecule has 11 heteroatoms. The Morgan fingerprint density at radius 1 is 1.33 bits per heavy atom. The van der Waals surface area contributed by atoms with E-state index in [-0.39, 0.29) is 12.1 Å². The highest BCUT2D eigenvalue weighted by Crippen LogP contribution is 2.26. The summed E-state index contributed by atoms with van der Waals surface area (Å²) in [5.74, 6) is 0.294. The highest BCUT2D eigenvalue weighted by Gasteiger charge is 2.22. The van der Waals surface area contributed by atoms with Crippen molar-refractivity contribution in [3.63, 3.8) is 0 Å². The minimum atomic E-state index is -3.71. The lowest BCUT2D eigenvalue weighted by molar-refractivity contribution is -0.116. The van der Waals surface area contributed by atoms with Gasteiger partial charge in [0.2, 0.25) is 21.1 Å². The molecular formula is C16H21FN4O3S3. The molecule has 0 aliphatic heterocycles. The number of hydrogen-bond acceptors (Lipinski definition) is 7. The predicted molar refractivity (Wildman–Crippen MR) is 106 cm³/mol. The fourth-order valence-electron chi connectivity index (χ4n) is 1.98. The van der Waals surface area contributed by atoms with E-state index in [9.17, 15) is 17.6 Å². The lowest BCUT2D eigenvalue weighted by atomic mass is 10.2. The number of halogens is 1. The van der Waals surface area contributed by atoms with Gasteiger partial charge in [0.25, 0.3) is 0 Å². The first-order valence-electron chi connectivity index (χ1n) is 8.10. The van der Waals surface area contributed by atoms with E-state index in [4.69, 9.17) is 0 Å². The van der Waals surface area contributed by atoms with Crippen LogP contribution >= 0.6 is 23.1 Å². The third kappa shape index (κ3) is 7.17. The monoisotopic (exact) mass is 432 g/mol. The molecule has 0 unspecified atom stereocenters. The molecule has 0 bridgehead atoms. The van der Waals surface area contributed by atoms with Crippen LogP contribution in [0.4, 0.5) is 9.52 Å². The van der Waals surface area contributed by atoms with Crippen LogP contribution in [0, 0.1) is 11.7 Å². The lowest BCUT2D eigenvalue weighted by Crippen LogP contribution is -2.37. The standard InChI is InChI=1S/C16H21FN4O3S3/c1-11(2)10-25-16-20-19-15(26-16)18-14(22)9-21(27(3,23)24)8-12-6-4-5-7-13(12)17/h4-7,11H,8-10H2,1-3H3,(H,18,19,22). The second kappa shape index (κ2) is 9.58. The molecule has 0 fully saturated rings. The van der Waals surface area contributed by atoms with E-state index in [0.717, 1.165) is 20.7 Å². The van der Waals surface area contributed by atoms with Crippen molar-refractivity contribution in [1.29, 1.82) is 0 Å². The Labute approximate surface area is 166 Å². The Hall–Kier alpha value is -1.56. The number of benzene rings is 1. The summed E-state index contributed by atoms with van der Waals surface area (Å²) in [5.41, 5.74) is 0.194. The molecule has 1 aromatic heterocycles. The summed E-state index contributed by atoms with van der Waals surface area (Å²) in [7, 11) is -3.71. The third-order valence-corrected chi connectivity index (χ3v) is 6.88. The maximum absolute atomic E-state index is 13.8. The molecule has 0 spiro atoms. The average Bonchev–Trinajstić information content (AvgIpc) is 3.00. The molecule has 0 saturated carbocycles. The van der Waals surface area contributed by atoms with Gasteiger partial charge in [0, 0.05) is 17.9 Å². The summed E-state index contributed by atoms with van der Waals surface area (Å²) in [4.78, 5) is 12.2. The van der Waals surface area contributed by atoms with Crippen molar-refractivity contribution in [1.82, 2.24) is 14.5 Å². The van der Waals surface area contributed by atoms with E-state index < -0.39 is 28.3 Å². The molecule has 1 aromatic carbocycles. The molecule has 0 aliphatic rings. The van der Waals surface area contributed by atoms with E-state index >= 15 is 0 Å². The quantitative estimate of drug-likeness (QED) is 0.484. The van der Waals surface area contributed by atoms with Crippen molar-refractivity contribution < 1.29 is 17.6 Å². The summed E-state index contributed by atoms with van der Waals surface area (Å²) in [6, 6.07) is 5.85. The van der Waals surface area contributed by atoms with E-state index in [2.05, 4.69) is 29.4 Å². The summed E-state index contributed by atoms with van der Waals surface area (Å²) in [5, 5.41) is 10.7. The topological polar surface area (TPSA) is 92.3 Å². The Balaban J connectivity index is 2.01. The molecule has 0 atom stereocenters. The second-order valence-corrected chi connectivity index (χ2v) is 10.5. The number of thioether (sulfide) groups is 1. The van der Waals surface area contributed by atoms with Crippen LogP contribution in [0.1, 0.15) is 19.4 Å². The molecule has 0 saturated heterocycles. The smallest absolute Gasteiger partial charge is 0.241 e. The van der Waals surface area contributed by atoms with Crippen LogP contribution in [0.5, 0.6) is 0 Å². The van der Waals surface area contributed by atoms with Crippen LogP contribution < -0.4 is 5.32 Å². The molecule has 1 amide bonds. The number of amides is 1. The molecule has 0 radical (unpaired) electrons. The molecule has 27 heavy (non-hydrogen) atoms. The van der Waals surface area contributed by atoms with E-state index in [1.165, 1.54) is 29.5 Å². The normalized spacial score (nSPS) is 11.9. The van der Waals surface area contributed by atoms with Crippen LogP contribution in [0.15, 0.2) is 28.6 Å². The fourth-order valence-corrected chi connectivity index (χ4v) is 4.45. The lowest BCUT2D eigenvalue weighted by Gasteiger charge is -2.19. The van der Waals surface area contributed by atoms with Crippen LogP contribution in [-0.2, 0) is 21.4 Å². The minimum absolute atomic E-state index is 0.194. The number of carbonyl (C=O) groups excluding carboxylic acids is 1. The van der Waals surface area contributed by atoms with Gasteiger partial charge in [-0.1, -0.05) is 55.1 Å². The molecule has 148 valence electrons. The van der Waals surface area contributed by atoms with Crippen LogP contribution in [0.25, 0.3) is 0 Å². The van der Waals surface area contributed by atoms with Crippen molar-refractivity contribution in [2.75, 3.05) is 23.9 Å². The van der Waals surface area contributed by atoms with Crippen molar-refractivity contribution in [3.8, 4) is 0 Å². The molecule has 2 aromatic rings. The Morgan fingerprint density at radius 2 is 2.04 bits per heavy atom. The number of anilines is 1. The zero-order chi connectivity index (χ0) is 20.0. The SMILES string of the molecule is CC(C)CSc1nnc(NC(=O)CN(Cc2ccccc2F)S(C)(=O)=O)s1. The number of nitrogens with one attached hydrogen (secondary N) is 1. The molecule has 2 rings (SSSR count). The molecular weight excluding hydrogens is 411 g/mol. The number of aromatic nitrogens is 2. The third-order valence-electron chi connectivity index (χ3n) is 3.29. The Bertz CT molecular complexity index is 887. The van der Waals surface area contributed by atoms with Crippen LogP contribution in [0.2, 0.25) is 0 Å².